The second-order valence-electron chi connectivity index (χ2n) is 21.4. The Balaban J connectivity index is 0.893. The summed E-state index contributed by atoms with van der Waals surface area (Å²) in [6.07, 6.45) is -21.4. The zero-order valence-electron chi connectivity index (χ0n) is 45.7. The molecule has 2 aromatic heterocycles. The molecule has 1 saturated carbocycles. The monoisotopic (exact) mass is 1250 g/mol. The minimum Gasteiger partial charge on any atom is -0.508 e. The number of aromatic hydroxyl groups is 12. The molecule has 0 amide bonds. The van der Waals surface area contributed by atoms with Crippen molar-refractivity contribution < 1.29 is 139 Å². The molecule has 4 heterocycles. The first-order valence-corrected chi connectivity index (χ1v) is 26.9. The van der Waals surface area contributed by atoms with E-state index in [1.165, 1.54) is 12.1 Å². The lowest BCUT2D eigenvalue weighted by atomic mass is 9.52. The highest BCUT2D eigenvalue weighted by molar-refractivity contribution is 5.90. The summed E-state index contributed by atoms with van der Waals surface area (Å²) in [6, 6.07) is 16.2. The van der Waals surface area contributed by atoms with Crippen molar-refractivity contribution in [3.63, 3.8) is 0 Å². The molecule has 0 spiro atoms. The van der Waals surface area contributed by atoms with Crippen LogP contribution in [0.4, 0.5) is 0 Å². The predicted octanol–water partition coefficient (Wildman–Crippen LogP) is 1.67. The number of fused-ring (bicyclic) bond motifs is 2. The molecule has 11 rings (SSSR count). The fraction of sp³-hybridized carbons (Fsp3) is 0.267. The van der Waals surface area contributed by atoms with Crippen LogP contribution in [0, 0.1) is 11.8 Å². The molecule has 18 N–H and O–H groups in total. The van der Waals surface area contributed by atoms with Crippen LogP contribution >= 0.6 is 0 Å². The first-order valence-electron chi connectivity index (χ1n) is 26.9. The fourth-order valence-corrected chi connectivity index (χ4v) is 11.2. The molecule has 6 aromatic carbocycles. The summed E-state index contributed by atoms with van der Waals surface area (Å²) in [6.45, 7) is -2.16. The summed E-state index contributed by atoms with van der Waals surface area (Å²) in [7, 11) is 0. The number of aliphatic hydroxyl groups excluding tert-OH is 6. The summed E-state index contributed by atoms with van der Waals surface area (Å²) in [5.41, 5.74) is -3.52. The zero-order chi connectivity index (χ0) is 64.6. The van der Waals surface area contributed by atoms with Crippen LogP contribution < -0.4 is 20.3 Å². The first-order chi connectivity index (χ1) is 42.7. The Morgan fingerprint density at radius 2 is 0.733 bits per heavy atom. The van der Waals surface area contributed by atoms with Gasteiger partial charge in [0.1, 0.15) is 107 Å². The van der Waals surface area contributed by atoms with E-state index in [1.807, 2.05) is 0 Å². The van der Waals surface area contributed by atoms with Crippen LogP contribution in [-0.4, -0.2) is 178 Å². The van der Waals surface area contributed by atoms with Crippen LogP contribution in [0.15, 0.2) is 115 Å². The van der Waals surface area contributed by atoms with Gasteiger partial charge in [0, 0.05) is 47.2 Å². The van der Waals surface area contributed by atoms with Crippen molar-refractivity contribution in [2.45, 2.75) is 73.2 Å². The van der Waals surface area contributed by atoms with E-state index in [2.05, 4.69) is 0 Å². The van der Waals surface area contributed by atoms with Gasteiger partial charge < -0.3 is 129 Å². The molecule has 2 saturated heterocycles. The van der Waals surface area contributed by atoms with Gasteiger partial charge in [0.05, 0.1) is 11.8 Å². The second-order valence-corrected chi connectivity index (χ2v) is 21.4. The molecule has 0 bridgehead atoms. The van der Waals surface area contributed by atoms with Gasteiger partial charge >= 0.3 is 11.9 Å². The highest BCUT2D eigenvalue weighted by atomic mass is 16.7. The van der Waals surface area contributed by atoms with Gasteiger partial charge in [0.25, 0.3) is 0 Å². The van der Waals surface area contributed by atoms with Gasteiger partial charge in [-0.1, -0.05) is 12.1 Å². The van der Waals surface area contributed by atoms with E-state index in [4.69, 9.17) is 37.3 Å². The minimum absolute atomic E-state index is 0.0244. The van der Waals surface area contributed by atoms with Crippen molar-refractivity contribution in [2.24, 2.45) is 11.8 Å². The van der Waals surface area contributed by atoms with Crippen LogP contribution in [-0.2, 0) is 28.5 Å². The predicted molar refractivity (Wildman–Crippen MR) is 298 cm³/mol. The SMILES string of the molecule is O=C(OC[C@H]1O[C@@H](Oc2c(-c3ccc(O)c(O)c3)oc3cc(O)cc(O)c3c2=O)[C@H](O)[C@@H](O)[C@H]1O)[C@@H]1[C@@H](C(=O)OC[C@H]2O[C@@H](Oc3c(-c4ccc(O)c(O)c4)oc4cc(O)cc(O)c4c3=O)[C@H](O)[C@@H](O)[C@H]2O)[C@@H](c2ccc(O)c(O)c2)[C@@H]1c1ccc(O)c(O)c1. The number of hydrogen-bond acceptors (Lipinski definition) is 30. The summed E-state index contributed by atoms with van der Waals surface area (Å²) < 4.78 is 46.3. The Morgan fingerprint density at radius 3 is 1.08 bits per heavy atom. The lowest BCUT2D eigenvalue weighted by molar-refractivity contribution is -0.280. The van der Waals surface area contributed by atoms with Crippen LogP contribution in [0.1, 0.15) is 23.0 Å². The minimum atomic E-state index is -2.24. The average Bonchev–Trinajstić information content (AvgIpc) is 0.733. The van der Waals surface area contributed by atoms with E-state index in [0.717, 1.165) is 84.9 Å². The van der Waals surface area contributed by atoms with Crippen LogP contribution in [0.5, 0.6) is 80.5 Å². The van der Waals surface area contributed by atoms with Crippen molar-refractivity contribution >= 4 is 33.9 Å². The van der Waals surface area contributed by atoms with Crippen molar-refractivity contribution in [1.82, 2.24) is 0 Å². The number of esters is 2. The molecular weight excluding hydrogens is 1200 g/mol. The average molecular weight is 1250 g/mol. The van der Waals surface area contributed by atoms with Crippen molar-refractivity contribution in [3.8, 4) is 103 Å². The summed E-state index contributed by atoms with van der Waals surface area (Å²) >= 11 is 0. The Hall–Kier alpha value is -10.4. The van der Waals surface area contributed by atoms with Crippen molar-refractivity contribution in [1.29, 1.82) is 0 Å². The summed E-state index contributed by atoms with van der Waals surface area (Å²) in [5, 5.41) is 191. The third kappa shape index (κ3) is 11.0. The number of benzene rings is 6. The first kappa shape index (κ1) is 61.2. The number of phenolic OH excluding ortho intramolecular Hbond substituents is 12. The molecule has 472 valence electrons. The molecule has 30 heteroatoms. The number of hydrogen-bond donors (Lipinski definition) is 18. The van der Waals surface area contributed by atoms with E-state index in [0.29, 0.717) is 0 Å². The Bertz CT molecular complexity index is 4000. The second kappa shape index (κ2) is 23.6. The van der Waals surface area contributed by atoms with E-state index in [9.17, 15) is 111 Å². The van der Waals surface area contributed by atoms with Gasteiger partial charge in [-0.3, -0.25) is 19.2 Å². The maximum atomic E-state index is 14.8. The Kier molecular flexibility index (Phi) is 16.0. The van der Waals surface area contributed by atoms with E-state index >= 15 is 0 Å². The zero-order valence-corrected chi connectivity index (χ0v) is 45.7. The highest BCUT2D eigenvalue weighted by Crippen LogP contribution is 2.60. The van der Waals surface area contributed by atoms with E-state index in [1.54, 1.807) is 0 Å². The maximum Gasteiger partial charge on any atom is 0.310 e. The number of aliphatic hydroxyl groups is 6. The molecule has 1 aliphatic carbocycles. The number of carbonyl (C=O) groups excluding carboxylic acids is 2. The quantitative estimate of drug-likeness (QED) is 0.0544. The van der Waals surface area contributed by atoms with Crippen molar-refractivity contribution in [3.05, 3.63) is 129 Å². The molecule has 90 heavy (non-hydrogen) atoms. The Labute approximate surface area is 501 Å². The molecule has 3 aliphatic rings. The molecule has 8 aromatic rings. The van der Waals surface area contributed by atoms with Gasteiger partial charge in [-0.25, -0.2) is 0 Å². The smallest absolute Gasteiger partial charge is 0.310 e. The number of ether oxygens (including phenoxy) is 6. The lowest BCUT2D eigenvalue weighted by Gasteiger charge is -2.50. The molecule has 3 fully saturated rings. The largest absolute Gasteiger partial charge is 0.508 e. The lowest BCUT2D eigenvalue weighted by Crippen LogP contribution is -2.61. The van der Waals surface area contributed by atoms with E-state index in [-0.39, 0.29) is 22.3 Å². The van der Waals surface area contributed by atoms with Crippen molar-refractivity contribution in [2.75, 3.05) is 13.2 Å². The topological polar surface area (TPSA) is 514 Å². The van der Waals surface area contributed by atoms with Gasteiger partial charge in [0.2, 0.25) is 34.9 Å². The van der Waals surface area contributed by atoms with Crippen LogP contribution in [0.25, 0.3) is 44.6 Å². The molecule has 2 aliphatic heterocycles. The van der Waals surface area contributed by atoms with E-state index < -0.39 is 235 Å². The molecular formula is C60H52O30. The fourth-order valence-electron chi connectivity index (χ4n) is 11.2. The standard InChI is InChI=1S/C60H52O30/c61-23-13-33(71)41-35(15-23)85-53(21-3-7-27(65)31(69)11-21)55(47(41)75)89-59-51(79)49(77)45(73)37(87-59)17-83-57(81)43-39(19-1-5-25(63)29(67)9-19)40(20-2-6-26(64)30(68)10-20)44(43)58(82)84-18-38-46(74)50(78)52(80)60(88-38)90-56-48(76)42-34(72)14-24(62)16-36(42)86-54(56)22-4-8-28(66)32(70)12-22/h1-16,37-40,43-46,49-52,59-74,77-80H,17-18H2/t37-,38-,39+,40+,43+,44+,45+,46+,49+,50+,51-,52-,59+,60+/m1/s1. The number of rotatable bonds is 14. The number of carbonyl (C=O) groups is 2. The summed E-state index contributed by atoms with van der Waals surface area (Å²) in [4.78, 5) is 57.9. The third-order valence-corrected chi connectivity index (χ3v) is 15.8. The maximum absolute atomic E-state index is 14.8. The number of phenols is 12. The third-order valence-electron chi connectivity index (χ3n) is 15.8. The van der Waals surface area contributed by atoms with Gasteiger partial charge in [-0.2, -0.15) is 0 Å². The molecule has 0 radical (unpaired) electrons. The molecule has 30 nitrogen and oxygen atoms in total. The summed E-state index contributed by atoms with van der Waals surface area (Å²) in [5.74, 6) is -19.9. The highest BCUT2D eigenvalue weighted by Gasteiger charge is 2.61. The Morgan fingerprint density at radius 1 is 0.389 bits per heavy atom. The van der Waals surface area contributed by atoms with Gasteiger partial charge in [-0.05, 0) is 71.8 Å². The van der Waals surface area contributed by atoms with Crippen LogP contribution in [0.2, 0.25) is 0 Å². The molecule has 14 atom stereocenters. The van der Waals surface area contributed by atoms with Crippen LogP contribution in [0.3, 0.4) is 0 Å². The molecule has 0 unspecified atom stereocenters. The normalized spacial score (nSPS) is 25.7. The van der Waals surface area contributed by atoms with Gasteiger partial charge in [-0.15, -0.1) is 0 Å². The van der Waals surface area contributed by atoms with Gasteiger partial charge in [0.15, 0.2) is 57.5 Å².